The number of aliphatic hydroxyl groups is 1. The van der Waals surface area contributed by atoms with Crippen molar-refractivity contribution in [3.63, 3.8) is 0 Å². The molecule has 164 valence electrons. The third kappa shape index (κ3) is 4.43. The van der Waals surface area contributed by atoms with E-state index in [9.17, 15) is 24.2 Å². The van der Waals surface area contributed by atoms with Gasteiger partial charge < -0.3 is 19.9 Å². The summed E-state index contributed by atoms with van der Waals surface area (Å²) in [5.41, 5.74) is 0.428. The first-order valence-electron chi connectivity index (χ1n) is 9.73. The lowest BCUT2D eigenvalue weighted by Gasteiger charge is -2.27. The molecule has 3 rings (SSSR count). The Kier molecular flexibility index (Phi) is 6.67. The van der Waals surface area contributed by atoms with Crippen LogP contribution in [-0.2, 0) is 6.42 Å². The number of aromatic nitrogens is 1. The number of carbonyl (C=O) groups is 1. The summed E-state index contributed by atoms with van der Waals surface area (Å²) in [6.07, 6.45) is 0.325. The minimum atomic E-state index is -1.32. The summed E-state index contributed by atoms with van der Waals surface area (Å²) in [6.45, 7) is 3.68. The van der Waals surface area contributed by atoms with Gasteiger partial charge in [-0.3, -0.25) is 4.79 Å². The number of rotatable bonds is 7. The van der Waals surface area contributed by atoms with E-state index in [0.717, 1.165) is 6.20 Å². The highest BCUT2D eigenvalue weighted by atomic mass is 35.5. The average Bonchev–Trinajstić information content (AvgIpc) is 2.75. The topological polar surface area (TPSA) is 99.6 Å². The van der Waals surface area contributed by atoms with Gasteiger partial charge in [-0.05, 0) is 35.1 Å². The minimum absolute atomic E-state index is 0.00457. The van der Waals surface area contributed by atoms with Crippen LogP contribution in [-0.4, -0.2) is 34.4 Å². The van der Waals surface area contributed by atoms with Crippen molar-refractivity contribution in [2.45, 2.75) is 32.3 Å². The number of hydrogen-bond acceptors (Lipinski definition) is 4. The van der Waals surface area contributed by atoms with E-state index in [1.165, 1.54) is 13.2 Å². The van der Waals surface area contributed by atoms with E-state index in [-0.39, 0.29) is 34.2 Å². The number of H-pyrrole nitrogens is 1. The van der Waals surface area contributed by atoms with Crippen LogP contribution in [0.2, 0.25) is 5.02 Å². The number of ether oxygens (including phenoxy) is 1. The number of aliphatic hydroxyl groups excluding tert-OH is 1. The van der Waals surface area contributed by atoms with Crippen LogP contribution in [0.15, 0.2) is 41.3 Å². The van der Waals surface area contributed by atoms with Crippen LogP contribution in [0, 0.1) is 11.7 Å². The average molecular weight is 448 g/mol. The van der Waals surface area contributed by atoms with Gasteiger partial charge >= 0.3 is 5.97 Å². The Balaban J connectivity index is 1.98. The Bertz CT molecular complexity index is 1190. The molecule has 3 atom stereocenters. The highest BCUT2D eigenvalue weighted by Gasteiger charge is 2.27. The molecule has 0 spiro atoms. The number of carboxylic acids is 1. The van der Waals surface area contributed by atoms with E-state index in [4.69, 9.17) is 16.3 Å². The lowest BCUT2D eigenvalue weighted by molar-refractivity contribution is 0.0695. The summed E-state index contributed by atoms with van der Waals surface area (Å²) in [5.74, 6) is -2.01. The van der Waals surface area contributed by atoms with Gasteiger partial charge in [0.25, 0.3) is 0 Å². The first-order valence-corrected chi connectivity index (χ1v) is 10.1. The molecule has 2 unspecified atom stereocenters. The van der Waals surface area contributed by atoms with Gasteiger partial charge in [0.1, 0.15) is 17.1 Å². The molecule has 1 heterocycles. The molecule has 8 heteroatoms. The SMILES string of the molecule is COc1cc2[nH]cc(C(=O)O)c(=O)c2cc1[C@@H](C)C(C)C(O)Cc1cccc(Cl)c1F. The van der Waals surface area contributed by atoms with Crippen LogP contribution in [0.3, 0.4) is 0 Å². The largest absolute Gasteiger partial charge is 0.496 e. The van der Waals surface area contributed by atoms with Crippen molar-refractivity contribution in [3.8, 4) is 5.75 Å². The summed E-state index contributed by atoms with van der Waals surface area (Å²) in [5, 5.41) is 20.2. The number of pyridine rings is 1. The zero-order chi connectivity index (χ0) is 22.9. The van der Waals surface area contributed by atoms with Crippen LogP contribution in [0.1, 0.15) is 41.3 Å². The van der Waals surface area contributed by atoms with E-state index >= 15 is 0 Å². The number of aromatic carboxylic acids is 1. The summed E-state index contributed by atoms with van der Waals surface area (Å²) in [4.78, 5) is 26.7. The van der Waals surface area contributed by atoms with Gasteiger partial charge in [0.15, 0.2) is 0 Å². The molecule has 0 saturated carbocycles. The lowest BCUT2D eigenvalue weighted by Crippen LogP contribution is -2.26. The number of nitrogens with one attached hydrogen (secondary N) is 1. The molecule has 2 aromatic carbocycles. The molecule has 3 aromatic rings. The summed E-state index contributed by atoms with van der Waals surface area (Å²) < 4.78 is 19.7. The molecule has 0 bridgehead atoms. The standard InChI is InChI=1S/C23H23ClFNO5/c1-11(12(2)19(27)7-13-5-4-6-17(24)21(13)25)14-8-15-18(9-20(14)31-3)26-10-16(22(15)28)23(29)30/h4-6,8-12,19,27H,7H2,1-3H3,(H,26,28)(H,29,30)/t11-,12?,19?/m0/s1. The van der Waals surface area contributed by atoms with E-state index in [2.05, 4.69) is 4.98 Å². The first-order chi connectivity index (χ1) is 14.6. The maximum atomic E-state index is 14.2. The molecule has 0 aliphatic rings. The van der Waals surface area contributed by atoms with Crippen molar-refractivity contribution in [1.29, 1.82) is 0 Å². The summed E-state index contributed by atoms with van der Waals surface area (Å²) in [6, 6.07) is 7.87. The molecular weight excluding hydrogens is 425 g/mol. The van der Waals surface area contributed by atoms with Crippen molar-refractivity contribution in [3.05, 3.63) is 74.3 Å². The molecule has 0 aliphatic heterocycles. The van der Waals surface area contributed by atoms with Crippen LogP contribution in [0.25, 0.3) is 10.9 Å². The van der Waals surface area contributed by atoms with E-state index in [0.29, 0.717) is 22.4 Å². The van der Waals surface area contributed by atoms with Crippen molar-refractivity contribution >= 4 is 28.5 Å². The Morgan fingerprint density at radius 1 is 1.29 bits per heavy atom. The highest BCUT2D eigenvalue weighted by Crippen LogP contribution is 2.36. The highest BCUT2D eigenvalue weighted by molar-refractivity contribution is 6.30. The third-order valence-electron chi connectivity index (χ3n) is 5.81. The quantitative estimate of drug-likeness (QED) is 0.499. The van der Waals surface area contributed by atoms with E-state index in [1.807, 2.05) is 13.8 Å². The monoisotopic (exact) mass is 447 g/mol. The fourth-order valence-electron chi connectivity index (χ4n) is 3.69. The molecule has 0 radical (unpaired) electrons. The second kappa shape index (κ2) is 9.08. The number of carboxylic acid groups (broad SMARTS) is 1. The number of fused-ring (bicyclic) bond motifs is 1. The maximum Gasteiger partial charge on any atom is 0.341 e. The van der Waals surface area contributed by atoms with Gasteiger partial charge in [-0.15, -0.1) is 0 Å². The Hall–Kier alpha value is -2.90. The fraction of sp³-hybridized carbons (Fsp3) is 0.304. The van der Waals surface area contributed by atoms with Gasteiger partial charge in [0.2, 0.25) is 5.43 Å². The fourth-order valence-corrected chi connectivity index (χ4v) is 3.88. The van der Waals surface area contributed by atoms with Crippen LogP contribution in [0.5, 0.6) is 5.75 Å². The molecule has 0 aliphatic carbocycles. The summed E-state index contributed by atoms with van der Waals surface area (Å²) >= 11 is 5.83. The molecular formula is C23H23ClFNO5. The molecule has 1 aromatic heterocycles. The molecule has 0 fully saturated rings. The zero-order valence-electron chi connectivity index (χ0n) is 17.3. The number of halogens is 2. The molecule has 3 N–H and O–H groups in total. The lowest BCUT2D eigenvalue weighted by atomic mass is 9.82. The van der Waals surface area contributed by atoms with Gasteiger partial charge in [-0.1, -0.05) is 37.6 Å². The van der Waals surface area contributed by atoms with Gasteiger partial charge in [-0.25, -0.2) is 9.18 Å². The second-order valence-electron chi connectivity index (χ2n) is 7.61. The Morgan fingerprint density at radius 2 is 2.00 bits per heavy atom. The van der Waals surface area contributed by atoms with E-state index in [1.54, 1.807) is 24.3 Å². The van der Waals surface area contributed by atoms with Crippen LogP contribution in [0.4, 0.5) is 4.39 Å². The predicted molar refractivity (Wildman–Crippen MR) is 117 cm³/mol. The van der Waals surface area contributed by atoms with Crippen molar-refractivity contribution in [2.24, 2.45) is 5.92 Å². The van der Waals surface area contributed by atoms with Gasteiger partial charge in [-0.2, -0.15) is 0 Å². The van der Waals surface area contributed by atoms with Crippen LogP contribution < -0.4 is 10.2 Å². The second-order valence-corrected chi connectivity index (χ2v) is 8.02. The predicted octanol–water partition coefficient (Wildman–Crippen LogP) is 4.37. The molecule has 0 amide bonds. The van der Waals surface area contributed by atoms with Gasteiger partial charge in [0.05, 0.1) is 23.8 Å². The Morgan fingerprint density at radius 3 is 2.65 bits per heavy atom. The first kappa shape index (κ1) is 22.8. The third-order valence-corrected chi connectivity index (χ3v) is 6.10. The zero-order valence-corrected chi connectivity index (χ0v) is 18.0. The molecule has 31 heavy (non-hydrogen) atoms. The smallest absolute Gasteiger partial charge is 0.341 e. The van der Waals surface area contributed by atoms with Crippen molar-refractivity contribution in [1.82, 2.24) is 4.98 Å². The molecule has 6 nitrogen and oxygen atoms in total. The number of methoxy groups -OCH3 is 1. The maximum absolute atomic E-state index is 14.2. The normalized spacial score (nSPS) is 14.3. The van der Waals surface area contributed by atoms with Crippen molar-refractivity contribution in [2.75, 3.05) is 7.11 Å². The Labute approximate surface area is 183 Å². The number of hydrogen-bond donors (Lipinski definition) is 3. The summed E-state index contributed by atoms with van der Waals surface area (Å²) in [7, 11) is 1.49. The van der Waals surface area contributed by atoms with Crippen LogP contribution >= 0.6 is 11.6 Å². The minimum Gasteiger partial charge on any atom is -0.496 e. The van der Waals surface area contributed by atoms with E-state index < -0.39 is 23.3 Å². The van der Waals surface area contributed by atoms with Gasteiger partial charge in [0, 0.05) is 24.1 Å². The van der Waals surface area contributed by atoms with Crippen molar-refractivity contribution < 1.29 is 24.1 Å². The number of aromatic amines is 1. The molecule has 0 saturated heterocycles. The number of benzene rings is 2.